The summed E-state index contributed by atoms with van der Waals surface area (Å²) in [6.07, 6.45) is 0. The fourth-order valence-corrected chi connectivity index (χ4v) is 0. The minimum Gasteiger partial charge on any atom is -0.269 e. The summed E-state index contributed by atoms with van der Waals surface area (Å²) in [5.41, 5.74) is 0. The van der Waals surface area contributed by atoms with Crippen LogP contribution in [0.15, 0.2) is 0 Å². The van der Waals surface area contributed by atoms with E-state index in [9.17, 15) is 0 Å². The highest BCUT2D eigenvalue weighted by molar-refractivity contribution is 14.2. The molecule has 4 heavy (non-hydrogen) atoms. The maximum absolute atomic E-state index is 2.28. The predicted octanol–water partition coefficient (Wildman–Crippen LogP) is 1.97. The van der Waals surface area contributed by atoms with E-state index in [4.69, 9.17) is 0 Å². The lowest BCUT2D eigenvalue weighted by Crippen LogP contribution is -1.17. The average Bonchev–Trinajstić information content (AvgIpc) is 0.918. The van der Waals surface area contributed by atoms with Crippen LogP contribution in [-0.2, 0) is 0 Å². The maximum atomic E-state index is 2.28. The van der Waals surface area contributed by atoms with Gasteiger partial charge in [-0.1, -0.05) is 45.2 Å². The fourth-order valence-electron chi connectivity index (χ4n) is 0. The van der Waals surface area contributed by atoms with Crippen LogP contribution in [0.2, 0.25) is 0 Å². The Morgan fingerprint density at radius 1 is 1.25 bits per heavy atom. The second kappa shape index (κ2) is 8.83. The van der Waals surface area contributed by atoms with Crippen LogP contribution in [0.4, 0.5) is 4.70 Å². The van der Waals surface area contributed by atoms with E-state index in [1.165, 1.54) is 2.43 Å². The summed E-state index contributed by atoms with van der Waals surface area (Å²) in [5.74, 6) is 0. The van der Waals surface area contributed by atoms with Gasteiger partial charge in [-0.2, -0.15) is 0 Å². The smallest absolute Gasteiger partial charge is 0.0516 e. The van der Waals surface area contributed by atoms with Gasteiger partial charge in [-0.15, -0.1) is 0 Å². The van der Waals surface area contributed by atoms with Gasteiger partial charge in [0.1, 0.15) is 0 Å². The van der Waals surface area contributed by atoms with Gasteiger partial charge in [0.05, 0.1) is 2.43 Å². The lowest BCUT2D eigenvalue weighted by Gasteiger charge is -1.43. The quantitative estimate of drug-likeness (QED) is 0.472. The average molecular weight is 288 g/mol. The molecule has 0 aliphatic heterocycles. The van der Waals surface area contributed by atoms with Gasteiger partial charge in [0, 0.05) is 0 Å². The van der Waals surface area contributed by atoms with Crippen molar-refractivity contribution in [2.75, 3.05) is 2.43 Å². The molecule has 0 fully saturated rings. The molecule has 0 aromatic rings. The van der Waals surface area contributed by atoms with Crippen molar-refractivity contribution in [2.45, 2.75) is 0 Å². The Morgan fingerprint density at radius 2 is 1.25 bits per heavy atom. The van der Waals surface area contributed by atoms with Gasteiger partial charge >= 0.3 is 0 Å². The van der Waals surface area contributed by atoms with Gasteiger partial charge < -0.3 is 0 Å². The summed E-state index contributed by atoms with van der Waals surface area (Å²) < 4.78 is 1.19. The molecular formula is CH3FI2. The molecule has 0 spiro atoms. The molecule has 0 rings (SSSR count). The zero-order chi connectivity index (χ0) is 2.71. The molecule has 0 atom stereocenters. The zero-order valence-corrected chi connectivity index (χ0v) is 6.19. The molecule has 0 unspecified atom stereocenters. The Bertz CT molecular complexity index is 6.00. The van der Waals surface area contributed by atoms with E-state index in [-0.39, 0.29) is 4.70 Å². The SMILES string of the molecule is F.ICI. The molecule has 0 aliphatic rings. The highest BCUT2D eigenvalue weighted by Crippen LogP contribution is 1.86. The molecule has 0 aromatic heterocycles. The topological polar surface area (TPSA) is 0 Å². The summed E-state index contributed by atoms with van der Waals surface area (Å²) in [6, 6.07) is 0. The van der Waals surface area contributed by atoms with Crippen molar-refractivity contribution in [1.29, 1.82) is 0 Å². The lowest BCUT2D eigenvalue weighted by atomic mass is 12.0. The molecule has 0 bridgehead atoms. The monoisotopic (exact) mass is 288 g/mol. The van der Waals surface area contributed by atoms with Crippen LogP contribution >= 0.6 is 45.2 Å². The van der Waals surface area contributed by atoms with E-state index in [1.807, 2.05) is 0 Å². The van der Waals surface area contributed by atoms with Crippen LogP contribution < -0.4 is 0 Å². The van der Waals surface area contributed by atoms with Gasteiger partial charge in [-0.3, -0.25) is 4.70 Å². The Hall–Kier alpha value is 1.39. The molecular weight excluding hydrogens is 285 g/mol. The van der Waals surface area contributed by atoms with E-state index in [0.29, 0.717) is 0 Å². The van der Waals surface area contributed by atoms with E-state index in [0.717, 1.165) is 0 Å². The van der Waals surface area contributed by atoms with E-state index in [2.05, 4.69) is 45.2 Å². The lowest BCUT2D eigenvalue weighted by molar-refractivity contribution is 1.11. The molecule has 0 saturated heterocycles. The van der Waals surface area contributed by atoms with Crippen LogP contribution in [0.5, 0.6) is 0 Å². The first kappa shape index (κ1) is 9.04. The molecule has 0 radical (unpaired) electrons. The highest BCUT2D eigenvalue weighted by atomic mass is 127. The Morgan fingerprint density at radius 3 is 1.25 bits per heavy atom. The van der Waals surface area contributed by atoms with Crippen LogP contribution in [0.25, 0.3) is 0 Å². The van der Waals surface area contributed by atoms with Crippen molar-refractivity contribution >= 4 is 45.2 Å². The molecule has 28 valence electrons. The van der Waals surface area contributed by atoms with Crippen molar-refractivity contribution < 1.29 is 4.70 Å². The van der Waals surface area contributed by atoms with Crippen molar-refractivity contribution in [2.24, 2.45) is 0 Å². The van der Waals surface area contributed by atoms with Crippen LogP contribution in [0.3, 0.4) is 0 Å². The van der Waals surface area contributed by atoms with Crippen molar-refractivity contribution in [3.63, 3.8) is 0 Å². The van der Waals surface area contributed by atoms with Crippen molar-refractivity contribution in [3.05, 3.63) is 0 Å². The van der Waals surface area contributed by atoms with Gasteiger partial charge in [0.15, 0.2) is 0 Å². The molecule has 0 aliphatic carbocycles. The molecule has 0 amide bonds. The van der Waals surface area contributed by atoms with Gasteiger partial charge in [0.25, 0.3) is 0 Å². The predicted molar refractivity (Wildman–Crippen MR) is 35.4 cm³/mol. The Labute approximate surface area is 52.0 Å². The highest BCUT2D eigenvalue weighted by Gasteiger charge is 1.40. The number of rotatable bonds is 0. The van der Waals surface area contributed by atoms with Crippen molar-refractivity contribution in [1.82, 2.24) is 0 Å². The first-order valence-corrected chi connectivity index (χ1v) is 3.59. The summed E-state index contributed by atoms with van der Waals surface area (Å²) >= 11 is 4.55. The number of alkyl halides is 2. The van der Waals surface area contributed by atoms with E-state index in [1.54, 1.807) is 0 Å². The third kappa shape index (κ3) is 10.0. The normalized spacial score (nSPS) is 4.50. The Balaban J connectivity index is 0. The standard InChI is InChI=1S/CH2I2.FH/c2-1-3;/h1H2;1H. The van der Waals surface area contributed by atoms with Gasteiger partial charge in [0.2, 0.25) is 0 Å². The zero-order valence-electron chi connectivity index (χ0n) is 1.87. The molecule has 0 saturated carbocycles. The minimum absolute atomic E-state index is 0. The minimum atomic E-state index is 0. The second-order valence-corrected chi connectivity index (χ2v) is 4.55. The van der Waals surface area contributed by atoms with Crippen LogP contribution in [0.1, 0.15) is 0 Å². The summed E-state index contributed by atoms with van der Waals surface area (Å²) in [6.45, 7) is 0. The number of hydrogen-bond acceptors (Lipinski definition) is 0. The third-order valence-electron chi connectivity index (χ3n) is 0. The van der Waals surface area contributed by atoms with E-state index < -0.39 is 0 Å². The molecule has 0 aromatic carbocycles. The molecule has 0 N–H and O–H groups in total. The van der Waals surface area contributed by atoms with Crippen LogP contribution in [0, 0.1) is 0 Å². The molecule has 0 nitrogen and oxygen atoms in total. The first-order chi connectivity index (χ1) is 1.41. The van der Waals surface area contributed by atoms with Gasteiger partial charge in [-0.05, 0) is 0 Å². The van der Waals surface area contributed by atoms with Gasteiger partial charge in [-0.25, -0.2) is 0 Å². The molecule has 0 heterocycles. The first-order valence-electron chi connectivity index (χ1n) is 0.535. The fraction of sp³-hybridized carbons (Fsp3) is 1.00. The van der Waals surface area contributed by atoms with Crippen molar-refractivity contribution in [3.8, 4) is 0 Å². The summed E-state index contributed by atoms with van der Waals surface area (Å²) in [5, 5.41) is 0. The van der Waals surface area contributed by atoms with Crippen LogP contribution in [-0.4, -0.2) is 2.43 Å². The Kier molecular flexibility index (Phi) is 20.0. The summed E-state index contributed by atoms with van der Waals surface area (Å²) in [4.78, 5) is 0. The number of halogens is 3. The summed E-state index contributed by atoms with van der Waals surface area (Å²) in [7, 11) is 0. The number of hydrogen-bond donors (Lipinski definition) is 0. The second-order valence-electron chi connectivity index (χ2n) is 0.101. The third-order valence-corrected chi connectivity index (χ3v) is 0. The van der Waals surface area contributed by atoms with E-state index >= 15 is 0 Å². The largest absolute Gasteiger partial charge is 0.269 e. The maximum Gasteiger partial charge on any atom is 0.0516 e. The molecule has 3 heteroatoms.